The molecule has 4 bridgehead atoms. The summed E-state index contributed by atoms with van der Waals surface area (Å²) >= 11 is 1.42. The summed E-state index contributed by atoms with van der Waals surface area (Å²) in [6.45, 7) is 0.604. The van der Waals surface area contributed by atoms with Gasteiger partial charge in [0.25, 0.3) is 5.69 Å². The Morgan fingerprint density at radius 1 is 1.09 bits per heavy atom. The van der Waals surface area contributed by atoms with Gasteiger partial charge in [-0.05, 0) is 36.2 Å². The Labute approximate surface area is 205 Å². The van der Waals surface area contributed by atoms with E-state index in [4.69, 9.17) is 9.72 Å². The smallest absolute Gasteiger partial charge is 0.289 e. The van der Waals surface area contributed by atoms with E-state index in [0.717, 1.165) is 16.2 Å². The third kappa shape index (κ3) is 4.72. The summed E-state index contributed by atoms with van der Waals surface area (Å²) in [6.07, 6.45) is 3.99. The highest BCUT2D eigenvalue weighted by atomic mass is 32.2. The highest BCUT2D eigenvalue weighted by Crippen LogP contribution is 2.30. The second-order valence-corrected chi connectivity index (χ2v) is 10.8. The van der Waals surface area contributed by atoms with Crippen molar-refractivity contribution in [3.63, 3.8) is 0 Å². The van der Waals surface area contributed by atoms with E-state index in [2.05, 4.69) is 5.10 Å². The van der Waals surface area contributed by atoms with Crippen LogP contribution >= 0.6 is 11.8 Å². The van der Waals surface area contributed by atoms with Crippen LogP contribution in [0.4, 0.5) is 5.69 Å². The zero-order valence-corrected chi connectivity index (χ0v) is 20.1. The van der Waals surface area contributed by atoms with E-state index in [1.54, 1.807) is 10.7 Å². The Morgan fingerprint density at radius 2 is 1.94 bits per heavy atom. The molecule has 180 valence electrons. The van der Waals surface area contributed by atoms with E-state index in [-0.39, 0.29) is 24.6 Å². The van der Waals surface area contributed by atoms with Gasteiger partial charge >= 0.3 is 0 Å². The van der Waals surface area contributed by atoms with Gasteiger partial charge in [-0.1, -0.05) is 24.3 Å². The zero-order valence-electron chi connectivity index (χ0n) is 18.5. The van der Waals surface area contributed by atoms with E-state index in [0.29, 0.717) is 23.6 Å². The molecule has 2 aromatic heterocycles. The van der Waals surface area contributed by atoms with E-state index in [1.807, 2.05) is 36.5 Å². The highest BCUT2D eigenvalue weighted by molar-refractivity contribution is 7.99. The zero-order chi connectivity index (χ0) is 24.4. The van der Waals surface area contributed by atoms with Crippen molar-refractivity contribution in [3.8, 4) is 16.9 Å². The summed E-state index contributed by atoms with van der Waals surface area (Å²) < 4.78 is 35.8. The Kier molecular flexibility index (Phi) is 6.41. The van der Waals surface area contributed by atoms with Crippen molar-refractivity contribution in [3.05, 3.63) is 77.1 Å². The van der Waals surface area contributed by atoms with Crippen molar-refractivity contribution in [2.24, 2.45) is 0 Å². The van der Waals surface area contributed by atoms with Crippen LogP contribution in [-0.2, 0) is 10.0 Å². The molecule has 10 nitrogen and oxygen atoms in total. The molecule has 5 rings (SSSR count). The molecule has 0 fully saturated rings. The van der Waals surface area contributed by atoms with Gasteiger partial charge < -0.3 is 4.74 Å². The second kappa shape index (κ2) is 9.64. The average molecular weight is 512 g/mol. The standard InChI is InChI=1S/C23H21N5O5S2/c29-28(30)20-7-1-2-8-21(20)35(31,32)26-10-4-13-33-18-6-3-5-17(15-18)19-16-24-27-11-9-22(25-23(19)27)34-14-12-26/h1-3,5-9,11,15-16H,4,10,12-14H2. The van der Waals surface area contributed by atoms with Gasteiger partial charge in [-0.3, -0.25) is 10.1 Å². The largest absolute Gasteiger partial charge is 0.494 e. The number of thioether (sulfide) groups is 1. The van der Waals surface area contributed by atoms with Gasteiger partial charge in [0.15, 0.2) is 10.5 Å². The number of hydrogen-bond donors (Lipinski definition) is 0. The molecule has 0 amide bonds. The van der Waals surface area contributed by atoms with Gasteiger partial charge in [-0.15, -0.1) is 11.8 Å². The second-order valence-electron chi connectivity index (χ2n) is 7.80. The number of para-hydroxylation sites is 1. The third-order valence-electron chi connectivity index (χ3n) is 5.58. The fraction of sp³-hybridized carbons (Fsp3) is 0.217. The summed E-state index contributed by atoms with van der Waals surface area (Å²) in [6, 6.07) is 14.8. The van der Waals surface area contributed by atoms with Gasteiger partial charge in [0.05, 0.1) is 17.7 Å². The van der Waals surface area contributed by atoms with Crippen molar-refractivity contribution < 1.29 is 18.1 Å². The number of nitro groups is 1. The van der Waals surface area contributed by atoms with E-state index in [1.165, 1.54) is 40.3 Å². The highest BCUT2D eigenvalue weighted by Gasteiger charge is 2.31. The van der Waals surface area contributed by atoms with Gasteiger partial charge in [-0.25, -0.2) is 17.9 Å². The number of ether oxygens (including phenoxy) is 1. The van der Waals surface area contributed by atoms with E-state index in [9.17, 15) is 18.5 Å². The Bertz CT molecular complexity index is 1510. The number of sulfonamides is 1. The lowest BCUT2D eigenvalue weighted by Gasteiger charge is -2.22. The molecular formula is C23H21N5O5S2. The minimum atomic E-state index is -4.11. The fourth-order valence-corrected chi connectivity index (χ4v) is 6.47. The molecule has 1 aliphatic rings. The van der Waals surface area contributed by atoms with Crippen LogP contribution < -0.4 is 4.74 Å². The van der Waals surface area contributed by atoms with Gasteiger partial charge in [-0.2, -0.15) is 9.40 Å². The quantitative estimate of drug-likeness (QED) is 0.231. The maximum atomic E-state index is 13.5. The minimum absolute atomic E-state index is 0.159. The first kappa shape index (κ1) is 23.3. The molecule has 0 spiro atoms. The van der Waals surface area contributed by atoms with Crippen LogP contribution in [0.3, 0.4) is 0 Å². The third-order valence-corrected chi connectivity index (χ3v) is 8.44. The Morgan fingerprint density at radius 3 is 2.80 bits per heavy atom. The molecule has 0 radical (unpaired) electrons. The first-order valence-corrected chi connectivity index (χ1v) is 13.3. The number of benzene rings is 2. The van der Waals surface area contributed by atoms with Crippen LogP contribution in [-0.4, -0.2) is 57.7 Å². The molecule has 35 heavy (non-hydrogen) atoms. The lowest BCUT2D eigenvalue weighted by atomic mass is 10.1. The van der Waals surface area contributed by atoms with Crippen LogP contribution in [0.1, 0.15) is 6.42 Å². The first-order valence-electron chi connectivity index (χ1n) is 10.9. The molecule has 0 atom stereocenters. The maximum absolute atomic E-state index is 13.5. The number of hydrogen-bond acceptors (Lipinski definition) is 8. The lowest BCUT2D eigenvalue weighted by Crippen LogP contribution is -2.35. The van der Waals surface area contributed by atoms with E-state index < -0.39 is 20.6 Å². The van der Waals surface area contributed by atoms with Crippen LogP contribution in [0.25, 0.3) is 16.8 Å². The van der Waals surface area contributed by atoms with Crippen LogP contribution in [0.15, 0.2) is 76.9 Å². The minimum Gasteiger partial charge on any atom is -0.494 e. The fourth-order valence-electron chi connectivity index (χ4n) is 3.89. The van der Waals surface area contributed by atoms with Gasteiger partial charge in [0.1, 0.15) is 10.8 Å². The number of aromatic nitrogens is 3. The topological polar surface area (TPSA) is 120 Å². The van der Waals surface area contributed by atoms with Crippen molar-refractivity contribution in [2.75, 3.05) is 25.4 Å². The van der Waals surface area contributed by atoms with E-state index >= 15 is 0 Å². The molecular weight excluding hydrogens is 490 g/mol. The molecule has 3 heterocycles. The monoisotopic (exact) mass is 511 g/mol. The van der Waals surface area contributed by atoms with Gasteiger partial charge in [0, 0.05) is 36.7 Å². The predicted octanol–water partition coefficient (Wildman–Crippen LogP) is 3.87. The lowest BCUT2D eigenvalue weighted by molar-refractivity contribution is -0.387. The molecule has 0 saturated heterocycles. The summed E-state index contributed by atoms with van der Waals surface area (Å²) in [5.41, 5.74) is 2.03. The molecule has 0 unspecified atom stereocenters. The van der Waals surface area contributed by atoms with Gasteiger partial charge in [0.2, 0.25) is 10.0 Å². The molecule has 4 aromatic rings. The summed E-state index contributed by atoms with van der Waals surface area (Å²) in [4.78, 5) is 15.2. The van der Waals surface area contributed by atoms with Crippen molar-refractivity contribution in [2.45, 2.75) is 16.3 Å². The predicted molar refractivity (Wildman–Crippen MR) is 131 cm³/mol. The number of nitrogens with zero attached hydrogens (tertiary/aromatic N) is 5. The molecule has 0 saturated carbocycles. The Balaban J connectivity index is 1.49. The average Bonchev–Trinajstić information content (AvgIpc) is 3.28. The van der Waals surface area contributed by atoms with Crippen LogP contribution in [0, 0.1) is 10.1 Å². The normalized spacial score (nSPS) is 15.3. The molecule has 2 aromatic carbocycles. The number of nitro benzene ring substituents is 1. The Hall–Kier alpha value is -3.48. The summed E-state index contributed by atoms with van der Waals surface area (Å²) in [5, 5.41) is 16.6. The molecule has 0 aliphatic carbocycles. The number of fused-ring (bicyclic) bond motifs is 4. The van der Waals surface area contributed by atoms with Crippen LogP contribution in [0.5, 0.6) is 5.75 Å². The summed E-state index contributed by atoms with van der Waals surface area (Å²) in [5.74, 6) is 1.07. The molecule has 12 heteroatoms. The SMILES string of the molecule is O=[N+]([O-])c1ccccc1S(=O)(=O)N1CCCOc2cccc(c2)-c2cnn3ccc(nc23)SCC1. The first-order chi connectivity index (χ1) is 16.9. The molecule has 0 N–H and O–H groups in total. The van der Waals surface area contributed by atoms with Crippen molar-refractivity contribution in [1.82, 2.24) is 18.9 Å². The molecule has 1 aliphatic heterocycles. The summed E-state index contributed by atoms with van der Waals surface area (Å²) in [7, 11) is -4.11. The van der Waals surface area contributed by atoms with Crippen molar-refractivity contribution >= 4 is 33.1 Å². The number of rotatable bonds is 3. The maximum Gasteiger partial charge on any atom is 0.289 e. The van der Waals surface area contributed by atoms with Crippen molar-refractivity contribution in [1.29, 1.82) is 0 Å². The van der Waals surface area contributed by atoms with Crippen LogP contribution in [0.2, 0.25) is 0 Å².